The maximum absolute atomic E-state index is 12.9. The lowest BCUT2D eigenvalue weighted by molar-refractivity contribution is -0.130. The van der Waals surface area contributed by atoms with Crippen molar-refractivity contribution in [3.8, 4) is 0 Å². The van der Waals surface area contributed by atoms with Gasteiger partial charge in [0.1, 0.15) is 5.82 Å². The molecule has 0 N–H and O–H groups in total. The molecule has 2 aliphatic heterocycles. The van der Waals surface area contributed by atoms with Crippen LogP contribution < -0.4 is 0 Å². The van der Waals surface area contributed by atoms with E-state index in [1.807, 2.05) is 0 Å². The Kier molecular flexibility index (Phi) is 3.81. The van der Waals surface area contributed by atoms with Gasteiger partial charge in [-0.2, -0.15) is 0 Å². The Bertz CT molecular complexity index is 635. The fourth-order valence-corrected chi connectivity index (χ4v) is 5.09. The van der Waals surface area contributed by atoms with Crippen molar-refractivity contribution < 1.29 is 9.53 Å². The summed E-state index contributed by atoms with van der Waals surface area (Å²) in [5.74, 6) is 2.09. The molecule has 5 rings (SSSR count). The van der Waals surface area contributed by atoms with Gasteiger partial charge >= 0.3 is 0 Å². The second-order valence-electron chi connectivity index (χ2n) is 7.49. The average molecular weight is 348 g/mol. The fraction of sp³-hybridized carbons (Fsp3) is 0.824. The van der Waals surface area contributed by atoms with Crippen molar-refractivity contribution in [1.82, 2.24) is 19.7 Å². The molecule has 4 aliphatic rings. The minimum atomic E-state index is 0.0154. The highest BCUT2D eigenvalue weighted by atomic mass is 32.2. The summed E-state index contributed by atoms with van der Waals surface area (Å²) in [6.07, 6.45) is 7.85. The quantitative estimate of drug-likeness (QED) is 0.817. The van der Waals surface area contributed by atoms with Crippen molar-refractivity contribution in [2.24, 2.45) is 0 Å². The van der Waals surface area contributed by atoms with E-state index in [-0.39, 0.29) is 5.25 Å². The Morgan fingerprint density at radius 2 is 1.75 bits per heavy atom. The summed E-state index contributed by atoms with van der Waals surface area (Å²) in [6.45, 7) is 2.45. The molecule has 4 fully saturated rings. The second kappa shape index (κ2) is 6.02. The van der Waals surface area contributed by atoms with Crippen molar-refractivity contribution in [2.75, 3.05) is 19.8 Å². The highest BCUT2D eigenvalue weighted by molar-refractivity contribution is 8.00. The summed E-state index contributed by atoms with van der Waals surface area (Å²) in [5.41, 5.74) is 0. The third-order valence-corrected chi connectivity index (χ3v) is 6.83. The molecular weight excluding hydrogens is 324 g/mol. The van der Waals surface area contributed by atoms with Crippen LogP contribution in [-0.4, -0.2) is 56.6 Å². The first-order valence-corrected chi connectivity index (χ1v) is 10.2. The zero-order chi connectivity index (χ0) is 16.1. The van der Waals surface area contributed by atoms with Gasteiger partial charge < -0.3 is 14.2 Å². The number of carbonyl (C=O) groups is 1. The molecule has 0 spiro atoms. The summed E-state index contributed by atoms with van der Waals surface area (Å²) in [7, 11) is 0. The molecule has 2 aliphatic carbocycles. The molecule has 7 heteroatoms. The van der Waals surface area contributed by atoms with Crippen LogP contribution in [0.3, 0.4) is 0 Å². The zero-order valence-corrected chi connectivity index (χ0v) is 14.7. The van der Waals surface area contributed by atoms with Crippen LogP contribution in [0.25, 0.3) is 0 Å². The SMILES string of the molecule is O=C1[C@H](Sc2nnc(C3CC3)n2C2CC2)CCN1C1CCOCC1. The van der Waals surface area contributed by atoms with E-state index >= 15 is 0 Å². The maximum atomic E-state index is 12.9. The van der Waals surface area contributed by atoms with Crippen LogP contribution in [0, 0.1) is 0 Å². The highest BCUT2D eigenvalue weighted by Gasteiger charge is 2.40. The van der Waals surface area contributed by atoms with Crippen LogP contribution in [0.5, 0.6) is 0 Å². The standard InChI is InChI=1S/C17H24N4O2S/c22-16-14(5-8-20(16)12-6-9-23-10-7-12)24-17-19-18-15(11-1-2-11)21(17)13-3-4-13/h11-14H,1-10H2/t14-/m1/s1. The number of nitrogens with zero attached hydrogens (tertiary/aromatic N) is 4. The molecule has 1 atom stereocenters. The first-order valence-electron chi connectivity index (χ1n) is 9.31. The Morgan fingerprint density at radius 3 is 2.46 bits per heavy atom. The third-order valence-electron chi connectivity index (χ3n) is 5.62. The number of amides is 1. The Balaban J connectivity index is 1.31. The predicted molar refractivity (Wildman–Crippen MR) is 90.1 cm³/mol. The van der Waals surface area contributed by atoms with Gasteiger partial charge in [-0.05, 0) is 44.9 Å². The number of ether oxygens (including phenoxy) is 1. The lowest BCUT2D eigenvalue weighted by Gasteiger charge is -2.31. The second-order valence-corrected chi connectivity index (χ2v) is 8.66. The minimum Gasteiger partial charge on any atom is -0.381 e. The molecule has 1 aromatic rings. The number of thioether (sulfide) groups is 1. The van der Waals surface area contributed by atoms with Gasteiger partial charge in [0.25, 0.3) is 0 Å². The van der Waals surface area contributed by atoms with E-state index in [9.17, 15) is 4.79 Å². The first kappa shape index (κ1) is 15.2. The molecule has 1 amide bonds. The van der Waals surface area contributed by atoms with E-state index < -0.39 is 0 Å². The van der Waals surface area contributed by atoms with E-state index in [0.717, 1.165) is 44.2 Å². The van der Waals surface area contributed by atoms with E-state index in [0.29, 0.717) is 23.9 Å². The topological polar surface area (TPSA) is 60.2 Å². The normalized spacial score (nSPS) is 28.8. The van der Waals surface area contributed by atoms with E-state index in [1.165, 1.54) is 31.5 Å². The Labute approximate surface area is 146 Å². The van der Waals surface area contributed by atoms with Gasteiger partial charge in [0.05, 0.1) is 5.25 Å². The Hall–Kier alpha value is -1.08. The van der Waals surface area contributed by atoms with Crippen molar-refractivity contribution in [3.05, 3.63) is 5.82 Å². The highest BCUT2D eigenvalue weighted by Crippen LogP contribution is 2.47. The number of carbonyl (C=O) groups excluding carboxylic acids is 1. The molecular formula is C17H24N4O2S. The molecule has 3 heterocycles. The monoisotopic (exact) mass is 348 g/mol. The molecule has 2 saturated heterocycles. The predicted octanol–water partition coefficient (Wildman–Crippen LogP) is 2.36. The molecule has 24 heavy (non-hydrogen) atoms. The number of hydrogen-bond donors (Lipinski definition) is 0. The van der Waals surface area contributed by atoms with Crippen LogP contribution >= 0.6 is 11.8 Å². The van der Waals surface area contributed by atoms with Crippen molar-refractivity contribution in [2.45, 2.75) is 73.4 Å². The average Bonchev–Trinajstić information content (AvgIpc) is 3.54. The summed E-state index contributed by atoms with van der Waals surface area (Å²) >= 11 is 1.65. The van der Waals surface area contributed by atoms with Gasteiger partial charge in [0.15, 0.2) is 5.16 Å². The molecule has 1 aromatic heterocycles. The Morgan fingerprint density at radius 1 is 0.958 bits per heavy atom. The maximum Gasteiger partial charge on any atom is 0.236 e. The van der Waals surface area contributed by atoms with Gasteiger partial charge in [-0.15, -0.1) is 10.2 Å². The molecule has 6 nitrogen and oxygen atoms in total. The minimum absolute atomic E-state index is 0.0154. The van der Waals surface area contributed by atoms with Crippen LogP contribution in [0.4, 0.5) is 0 Å². The van der Waals surface area contributed by atoms with Crippen molar-refractivity contribution in [1.29, 1.82) is 0 Å². The van der Waals surface area contributed by atoms with Gasteiger partial charge in [-0.3, -0.25) is 4.79 Å². The number of rotatable bonds is 5. The molecule has 2 saturated carbocycles. The molecule has 0 unspecified atom stereocenters. The summed E-state index contributed by atoms with van der Waals surface area (Å²) in [6, 6.07) is 0.960. The van der Waals surface area contributed by atoms with Crippen LogP contribution in [0.2, 0.25) is 0 Å². The van der Waals surface area contributed by atoms with E-state index in [4.69, 9.17) is 4.74 Å². The van der Waals surface area contributed by atoms with Gasteiger partial charge in [-0.1, -0.05) is 11.8 Å². The van der Waals surface area contributed by atoms with Gasteiger partial charge in [-0.25, -0.2) is 0 Å². The number of hydrogen-bond acceptors (Lipinski definition) is 5. The molecule has 0 radical (unpaired) electrons. The summed E-state index contributed by atoms with van der Waals surface area (Å²) in [5, 5.41) is 9.92. The molecule has 130 valence electrons. The first-order chi connectivity index (χ1) is 11.8. The van der Waals surface area contributed by atoms with Crippen LogP contribution in [-0.2, 0) is 9.53 Å². The lowest BCUT2D eigenvalue weighted by Crippen LogP contribution is -2.41. The van der Waals surface area contributed by atoms with Gasteiger partial charge in [0.2, 0.25) is 5.91 Å². The number of aromatic nitrogens is 3. The fourth-order valence-electron chi connectivity index (χ4n) is 3.94. The lowest BCUT2D eigenvalue weighted by atomic mass is 10.1. The summed E-state index contributed by atoms with van der Waals surface area (Å²) in [4.78, 5) is 15.0. The van der Waals surface area contributed by atoms with Crippen molar-refractivity contribution >= 4 is 17.7 Å². The summed E-state index contributed by atoms with van der Waals surface area (Å²) < 4.78 is 7.79. The van der Waals surface area contributed by atoms with Crippen molar-refractivity contribution in [3.63, 3.8) is 0 Å². The van der Waals surface area contributed by atoms with Crippen LogP contribution in [0.1, 0.15) is 62.7 Å². The third kappa shape index (κ3) is 2.75. The zero-order valence-electron chi connectivity index (χ0n) is 13.9. The van der Waals surface area contributed by atoms with Gasteiger partial charge in [0, 0.05) is 37.8 Å². The number of likely N-dealkylation sites (tertiary alicyclic amines) is 1. The molecule has 0 bridgehead atoms. The largest absolute Gasteiger partial charge is 0.381 e. The smallest absolute Gasteiger partial charge is 0.236 e. The van der Waals surface area contributed by atoms with Crippen LogP contribution in [0.15, 0.2) is 5.16 Å². The van der Waals surface area contributed by atoms with E-state index in [2.05, 4.69) is 19.7 Å². The van der Waals surface area contributed by atoms with E-state index in [1.54, 1.807) is 11.8 Å². The molecule has 0 aromatic carbocycles.